The van der Waals surface area contributed by atoms with Crippen LogP contribution in [-0.2, 0) is 0 Å². The fraction of sp³-hybridized carbons (Fsp3) is 0.833. The molecule has 0 amide bonds. The summed E-state index contributed by atoms with van der Waals surface area (Å²) in [6.45, 7) is 3.40. The van der Waals surface area contributed by atoms with Crippen LogP contribution in [0.1, 0.15) is 19.8 Å². The van der Waals surface area contributed by atoms with Gasteiger partial charge in [0.15, 0.2) is 0 Å². The fourth-order valence-electron chi connectivity index (χ4n) is 0.948. The van der Waals surface area contributed by atoms with Crippen molar-refractivity contribution in [3.63, 3.8) is 0 Å². The van der Waals surface area contributed by atoms with E-state index in [-0.39, 0.29) is 0 Å². The molecule has 1 nitrogen and oxygen atoms in total. The summed E-state index contributed by atoms with van der Waals surface area (Å²) in [6.07, 6.45) is 4.86. The topological polar surface area (TPSA) is 12.0 Å². The largest absolute Gasteiger partial charge is 0.314 e. The Labute approximate surface area is 45.1 Å². The van der Waals surface area contributed by atoms with Gasteiger partial charge in [0.2, 0.25) is 0 Å². The lowest BCUT2D eigenvalue weighted by molar-refractivity contribution is 0.642. The summed E-state index contributed by atoms with van der Waals surface area (Å²) in [5.41, 5.74) is 0. The zero-order valence-corrected chi connectivity index (χ0v) is 4.78. The van der Waals surface area contributed by atoms with Crippen molar-refractivity contribution in [3.05, 3.63) is 6.42 Å². The molecule has 0 aromatic heterocycles. The molecular formula is C6H12N. The third-order valence-electron chi connectivity index (χ3n) is 1.44. The molecule has 41 valence electrons. The Morgan fingerprint density at radius 2 is 2.71 bits per heavy atom. The zero-order valence-electron chi connectivity index (χ0n) is 4.78. The van der Waals surface area contributed by atoms with Gasteiger partial charge in [-0.15, -0.1) is 0 Å². The second kappa shape index (κ2) is 2.31. The van der Waals surface area contributed by atoms with Crippen molar-refractivity contribution in [2.75, 3.05) is 6.54 Å². The van der Waals surface area contributed by atoms with E-state index in [9.17, 15) is 0 Å². The molecule has 0 aromatic carbocycles. The van der Waals surface area contributed by atoms with Crippen LogP contribution in [0.2, 0.25) is 0 Å². The first-order valence-electron chi connectivity index (χ1n) is 3.00. The third-order valence-corrected chi connectivity index (χ3v) is 1.44. The lowest BCUT2D eigenvalue weighted by atomic mass is 10.2. The van der Waals surface area contributed by atoms with Gasteiger partial charge in [-0.1, -0.05) is 6.92 Å². The van der Waals surface area contributed by atoms with Gasteiger partial charge in [0.25, 0.3) is 0 Å². The fourth-order valence-corrected chi connectivity index (χ4v) is 0.948. The van der Waals surface area contributed by atoms with E-state index in [4.69, 9.17) is 0 Å². The molecule has 0 spiro atoms. The highest BCUT2D eigenvalue weighted by Gasteiger charge is 2.10. The normalized spacial score (nSPS) is 31.3. The minimum Gasteiger partial charge on any atom is -0.314 e. The van der Waals surface area contributed by atoms with E-state index in [2.05, 4.69) is 18.7 Å². The standard InChI is InChI=1S/C6H12N/c1-2-6-4-3-5-7-6/h4,6-7H,2-3,5H2,1H3. The first-order valence-corrected chi connectivity index (χ1v) is 3.00. The van der Waals surface area contributed by atoms with Crippen LogP contribution in [0.3, 0.4) is 0 Å². The van der Waals surface area contributed by atoms with E-state index in [1.807, 2.05) is 0 Å². The molecule has 1 heterocycles. The molecule has 1 rings (SSSR count). The summed E-state index contributed by atoms with van der Waals surface area (Å²) in [6, 6.07) is 0.722. The van der Waals surface area contributed by atoms with E-state index in [0.29, 0.717) is 0 Å². The highest BCUT2D eigenvalue weighted by atomic mass is 14.9. The molecule has 0 aromatic rings. The van der Waals surface area contributed by atoms with Crippen molar-refractivity contribution in [1.29, 1.82) is 0 Å². The van der Waals surface area contributed by atoms with Crippen molar-refractivity contribution in [2.24, 2.45) is 0 Å². The van der Waals surface area contributed by atoms with Crippen molar-refractivity contribution in [2.45, 2.75) is 25.8 Å². The van der Waals surface area contributed by atoms with Crippen LogP contribution >= 0.6 is 0 Å². The third kappa shape index (κ3) is 1.16. The highest BCUT2D eigenvalue weighted by Crippen LogP contribution is 2.05. The molecule has 1 atom stereocenters. The van der Waals surface area contributed by atoms with E-state index in [1.54, 1.807) is 0 Å². The molecule has 1 heteroatoms. The summed E-state index contributed by atoms with van der Waals surface area (Å²) < 4.78 is 0. The summed E-state index contributed by atoms with van der Waals surface area (Å²) in [4.78, 5) is 0. The second-order valence-corrected chi connectivity index (χ2v) is 1.99. The van der Waals surface area contributed by atoms with Crippen LogP contribution in [0.4, 0.5) is 0 Å². The van der Waals surface area contributed by atoms with Gasteiger partial charge in [0, 0.05) is 6.04 Å². The van der Waals surface area contributed by atoms with Gasteiger partial charge >= 0.3 is 0 Å². The van der Waals surface area contributed by atoms with Crippen molar-refractivity contribution in [1.82, 2.24) is 5.32 Å². The molecule has 0 bridgehead atoms. The highest BCUT2D eigenvalue weighted by molar-refractivity contribution is 4.88. The first kappa shape index (κ1) is 5.10. The number of rotatable bonds is 1. The van der Waals surface area contributed by atoms with Crippen molar-refractivity contribution >= 4 is 0 Å². The van der Waals surface area contributed by atoms with E-state index < -0.39 is 0 Å². The number of hydrogen-bond donors (Lipinski definition) is 1. The molecule has 1 unspecified atom stereocenters. The minimum absolute atomic E-state index is 0.722. The average Bonchev–Trinajstić information content (AvgIpc) is 2.14. The predicted octanol–water partition coefficient (Wildman–Crippen LogP) is 0.963. The molecule has 1 aliphatic rings. The Bertz CT molecular complexity index is 46.1. The summed E-state index contributed by atoms with van der Waals surface area (Å²) in [7, 11) is 0. The van der Waals surface area contributed by atoms with Gasteiger partial charge in [0.1, 0.15) is 0 Å². The minimum atomic E-state index is 0.722. The Balaban J connectivity index is 2.14. The van der Waals surface area contributed by atoms with E-state index >= 15 is 0 Å². The van der Waals surface area contributed by atoms with Gasteiger partial charge in [-0.05, 0) is 25.8 Å². The number of hydrogen-bond acceptors (Lipinski definition) is 1. The molecular weight excluding hydrogens is 86.1 g/mol. The SMILES string of the molecule is CCC1[CH]CCN1. The van der Waals surface area contributed by atoms with Crippen LogP contribution in [0.15, 0.2) is 0 Å². The van der Waals surface area contributed by atoms with Crippen LogP contribution < -0.4 is 5.32 Å². The quantitative estimate of drug-likeness (QED) is 0.515. The Hall–Kier alpha value is -0.0400. The van der Waals surface area contributed by atoms with Gasteiger partial charge in [-0.3, -0.25) is 0 Å². The van der Waals surface area contributed by atoms with E-state index in [1.165, 1.54) is 19.4 Å². The maximum absolute atomic E-state index is 3.35. The van der Waals surface area contributed by atoms with Crippen LogP contribution in [0.25, 0.3) is 0 Å². The lowest BCUT2D eigenvalue weighted by Gasteiger charge is -2.01. The lowest BCUT2D eigenvalue weighted by Crippen LogP contribution is -2.19. The molecule has 1 saturated heterocycles. The van der Waals surface area contributed by atoms with E-state index in [0.717, 1.165) is 6.04 Å². The Morgan fingerprint density at radius 3 is 3.00 bits per heavy atom. The first-order chi connectivity index (χ1) is 3.43. The van der Waals surface area contributed by atoms with Gasteiger partial charge in [0.05, 0.1) is 0 Å². The zero-order chi connectivity index (χ0) is 5.11. The molecule has 1 fully saturated rings. The van der Waals surface area contributed by atoms with Crippen LogP contribution in [-0.4, -0.2) is 12.6 Å². The second-order valence-electron chi connectivity index (χ2n) is 1.99. The average molecular weight is 98.2 g/mol. The van der Waals surface area contributed by atoms with Gasteiger partial charge in [-0.2, -0.15) is 0 Å². The molecule has 0 saturated carbocycles. The van der Waals surface area contributed by atoms with Crippen molar-refractivity contribution in [3.8, 4) is 0 Å². The molecule has 1 N–H and O–H groups in total. The molecule has 0 aliphatic carbocycles. The van der Waals surface area contributed by atoms with Crippen LogP contribution in [0, 0.1) is 6.42 Å². The van der Waals surface area contributed by atoms with Gasteiger partial charge in [-0.25, -0.2) is 0 Å². The molecule has 1 radical (unpaired) electrons. The summed E-state index contributed by atoms with van der Waals surface area (Å²) in [5, 5.41) is 3.35. The van der Waals surface area contributed by atoms with Crippen molar-refractivity contribution < 1.29 is 0 Å². The van der Waals surface area contributed by atoms with Gasteiger partial charge < -0.3 is 5.32 Å². The summed E-state index contributed by atoms with van der Waals surface area (Å²) >= 11 is 0. The molecule has 1 aliphatic heterocycles. The smallest absolute Gasteiger partial charge is 0.00964 e. The monoisotopic (exact) mass is 98.1 g/mol. The predicted molar refractivity (Wildman–Crippen MR) is 31.0 cm³/mol. The Morgan fingerprint density at radius 1 is 1.86 bits per heavy atom. The molecule has 7 heavy (non-hydrogen) atoms. The maximum atomic E-state index is 3.35. The Kier molecular flexibility index (Phi) is 1.69. The maximum Gasteiger partial charge on any atom is 0.00964 e. The number of nitrogens with one attached hydrogen (secondary N) is 1. The summed E-state index contributed by atoms with van der Waals surface area (Å²) in [5.74, 6) is 0. The van der Waals surface area contributed by atoms with Crippen LogP contribution in [0.5, 0.6) is 0 Å².